The van der Waals surface area contributed by atoms with Gasteiger partial charge in [-0.2, -0.15) is 0 Å². The van der Waals surface area contributed by atoms with Crippen molar-refractivity contribution >= 4 is 17.2 Å². The number of carbonyl (C=O) groups excluding carboxylic acids is 1. The van der Waals surface area contributed by atoms with E-state index in [1.165, 1.54) is 4.57 Å². The number of aromatic nitrogens is 1. The first-order valence-corrected chi connectivity index (χ1v) is 7.60. The van der Waals surface area contributed by atoms with Gasteiger partial charge in [-0.15, -0.1) is 0 Å². The number of carbonyl (C=O) groups is 1. The topological polar surface area (TPSA) is 71.3 Å². The third kappa shape index (κ3) is 4.27. The van der Waals surface area contributed by atoms with Crippen LogP contribution in [0.25, 0.3) is 0 Å². The van der Waals surface area contributed by atoms with Gasteiger partial charge in [-0.1, -0.05) is 41.7 Å². The molecule has 0 spiro atoms. The SMILES string of the molecule is Cc1csc(=O)n1CC(=O)NCCC(O)c1ccccc1. The highest BCUT2D eigenvalue weighted by molar-refractivity contribution is 7.07. The molecule has 1 unspecified atom stereocenters. The summed E-state index contributed by atoms with van der Waals surface area (Å²) in [7, 11) is 0. The van der Waals surface area contributed by atoms with Crippen molar-refractivity contribution in [1.29, 1.82) is 0 Å². The zero-order valence-corrected chi connectivity index (χ0v) is 12.6. The Bertz CT molecular complexity index is 648. The van der Waals surface area contributed by atoms with E-state index in [2.05, 4.69) is 5.32 Å². The minimum atomic E-state index is -0.600. The van der Waals surface area contributed by atoms with E-state index in [1.54, 1.807) is 12.3 Å². The predicted molar refractivity (Wildman–Crippen MR) is 82.3 cm³/mol. The number of aliphatic hydroxyl groups is 1. The molecule has 5 nitrogen and oxygen atoms in total. The van der Waals surface area contributed by atoms with Crippen molar-refractivity contribution in [1.82, 2.24) is 9.88 Å². The van der Waals surface area contributed by atoms with Crippen molar-refractivity contribution < 1.29 is 9.90 Å². The largest absolute Gasteiger partial charge is 0.388 e. The molecule has 0 aliphatic heterocycles. The lowest BCUT2D eigenvalue weighted by Gasteiger charge is -2.12. The van der Waals surface area contributed by atoms with Crippen LogP contribution in [0.3, 0.4) is 0 Å². The van der Waals surface area contributed by atoms with Gasteiger partial charge < -0.3 is 10.4 Å². The molecular formula is C15H18N2O3S. The first-order valence-electron chi connectivity index (χ1n) is 6.72. The third-order valence-electron chi connectivity index (χ3n) is 3.20. The van der Waals surface area contributed by atoms with Gasteiger partial charge in [0.05, 0.1) is 6.10 Å². The second kappa shape index (κ2) is 7.19. The standard InChI is InChI=1S/C15H18N2O3S/c1-11-10-21-15(20)17(11)9-14(19)16-8-7-13(18)12-5-3-2-4-6-12/h2-6,10,13,18H,7-9H2,1H3,(H,16,19). The average molecular weight is 306 g/mol. The van der Waals surface area contributed by atoms with E-state index in [9.17, 15) is 14.7 Å². The molecule has 0 fully saturated rings. The molecule has 2 aromatic rings. The quantitative estimate of drug-likeness (QED) is 0.849. The Kier molecular flexibility index (Phi) is 5.30. The second-order valence-electron chi connectivity index (χ2n) is 4.79. The Balaban J connectivity index is 1.79. The molecule has 1 aromatic carbocycles. The number of thiazole rings is 1. The maximum atomic E-state index is 11.8. The number of amides is 1. The van der Waals surface area contributed by atoms with Crippen molar-refractivity contribution in [3.05, 3.63) is 56.6 Å². The molecular weight excluding hydrogens is 288 g/mol. The number of aryl methyl sites for hydroxylation is 1. The number of nitrogens with zero attached hydrogens (tertiary/aromatic N) is 1. The van der Waals surface area contributed by atoms with Crippen LogP contribution in [-0.2, 0) is 11.3 Å². The minimum Gasteiger partial charge on any atom is -0.388 e. The maximum Gasteiger partial charge on any atom is 0.307 e. The summed E-state index contributed by atoms with van der Waals surface area (Å²) < 4.78 is 1.44. The zero-order valence-electron chi connectivity index (χ0n) is 11.8. The monoisotopic (exact) mass is 306 g/mol. The molecule has 0 saturated carbocycles. The maximum absolute atomic E-state index is 11.8. The summed E-state index contributed by atoms with van der Waals surface area (Å²) in [5.74, 6) is -0.223. The van der Waals surface area contributed by atoms with E-state index in [4.69, 9.17) is 0 Å². The first kappa shape index (κ1) is 15.5. The van der Waals surface area contributed by atoms with Crippen molar-refractivity contribution in [2.24, 2.45) is 0 Å². The van der Waals surface area contributed by atoms with Gasteiger partial charge in [0, 0.05) is 17.6 Å². The molecule has 112 valence electrons. The smallest absolute Gasteiger partial charge is 0.307 e. The van der Waals surface area contributed by atoms with Crippen molar-refractivity contribution in [2.75, 3.05) is 6.54 Å². The fourth-order valence-electron chi connectivity index (χ4n) is 1.99. The molecule has 1 aromatic heterocycles. The normalized spacial score (nSPS) is 12.1. The number of rotatable bonds is 6. The average Bonchev–Trinajstić information content (AvgIpc) is 2.80. The molecule has 1 heterocycles. The third-order valence-corrected chi connectivity index (χ3v) is 4.08. The van der Waals surface area contributed by atoms with Crippen LogP contribution in [0.15, 0.2) is 40.5 Å². The lowest BCUT2D eigenvalue weighted by molar-refractivity contribution is -0.121. The molecule has 1 amide bonds. The summed E-state index contributed by atoms with van der Waals surface area (Å²) >= 11 is 1.09. The van der Waals surface area contributed by atoms with E-state index in [0.717, 1.165) is 22.6 Å². The van der Waals surface area contributed by atoms with Gasteiger partial charge in [0.15, 0.2) is 0 Å². The van der Waals surface area contributed by atoms with Crippen molar-refractivity contribution in [2.45, 2.75) is 26.0 Å². The van der Waals surface area contributed by atoms with Gasteiger partial charge in [0.1, 0.15) is 6.54 Å². The van der Waals surface area contributed by atoms with E-state index < -0.39 is 6.10 Å². The number of hydrogen-bond donors (Lipinski definition) is 2. The zero-order chi connectivity index (χ0) is 15.2. The van der Waals surface area contributed by atoms with E-state index in [1.807, 2.05) is 30.3 Å². The molecule has 0 saturated heterocycles. The minimum absolute atomic E-state index is 0.0234. The molecule has 0 radical (unpaired) electrons. The molecule has 0 aliphatic rings. The number of benzene rings is 1. The van der Waals surface area contributed by atoms with Crippen LogP contribution in [-0.4, -0.2) is 22.1 Å². The lowest BCUT2D eigenvalue weighted by atomic mass is 10.1. The summed E-state index contributed by atoms with van der Waals surface area (Å²) in [6.45, 7) is 2.19. The highest BCUT2D eigenvalue weighted by Gasteiger charge is 2.10. The van der Waals surface area contributed by atoms with Gasteiger partial charge in [-0.05, 0) is 18.9 Å². The van der Waals surface area contributed by atoms with Crippen molar-refractivity contribution in [3.8, 4) is 0 Å². The van der Waals surface area contributed by atoms with Crippen LogP contribution in [0.1, 0.15) is 23.8 Å². The van der Waals surface area contributed by atoms with Gasteiger partial charge >= 0.3 is 4.87 Å². The summed E-state index contributed by atoms with van der Waals surface area (Å²) in [5, 5.41) is 14.4. The number of nitrogens with one attached hydrogen (secondary N) is 1. The Morgan fingerprint density at radius 2 is 2.10 bits per heavy atom. The molecule has 21 heavy (non-hydrogen) atoms. The Morgan fingerprint density at radius 3 is 2.71 bits per heavy atom. The summed E-state index contributed by atoms with van der Waals surface area (Å²) in [6, 6.07) is 9.31. The van der Waals surface area contributed by atoms with Gasteiger partial charge in [-0.25, -0.2) is 0 Å². The summed E-state index contributed by atoms with van der Waals surface area (Å²) in [5.41, 5.74) is 1.61. The van der Waals surface area contributed by atoms with Crippen LogP contribution in [0.2, 0.25) is 0 Å². The number of hydrogen-bond acceptors (Lipinski definition) is 4. The Labute approximate surface area is 126 Å². The molecule has 6 heteroatoms. The van der Waals surface area contributed by atoms with Crippen LogP contribution >= 0.6 is 11.3 Å². The Morgan fingerprint density at radius 1 is 1.38 bits per heavy atom. The summed E-state index contributed by atoms with van der Waals surface area (Å²) in [6.07, 6.45) is -0.162. The second-order valence-corrected chi connectivity index (χ2v) is 5.61. The lowest BCUT2D eigenvalue weighted by Crippen LogP contribution is -2.32. The molecule has 0 bridgehead atoms. The first-order chi connectivity index (χ1) is 10.1. The molecule has 2 N–H and O–H groups in total. The van der Waals surface area contributed by atoms with Gasteiger partial charge in [-0.3, -0.25) is 14.2 Å². The molecule has 0 aliphatic carbocycles. The van der Waals surface area contributed by atoms with E-state index in [-0.39, 0.29) is 17.3 Å². The number of aliphatic hydroxyl groups excluding tert-OH is 1. The molecule has 2 rings (SSSR count). The molecule has 1 atom stereocenters. The van der Waals surface area contributed by atoms with Gasteiger partial charge in [0.2, 0.25) is 5.91 Å². The Hall–Kier alpha value is -1.92. The fraction of sp³-hybridized carbons (Fsp3) is 0.333. The fourth-order valence-corrected chi connectivity index (χ4v) is 2.72. The van der Waals surface area contributed by atoms with Crippen molar-refractivity contribution in [3.63, 3.8) is 0 Å². The van der Waals surface area contributed by atoms with E-state index >= 15 is 0 Å². The van der Waals surface area contributed by atoms with Gasteiger partial charge in [0.25, 0.3) is 0 Å². The van der Waals surface area contributed by atoms with E-state index in [0.29, 0.717) is 13.0 Å². The van der Waals surface area contributed by atoms with Crippen LogP contribution in [0.5, 0.6) is 0 Å². The highest BCUT2D eigenvalue weighted by atomic mass is 32.1. The van der Waals surface area contributed by atoms with Crippen LogP contribution < -0.4 is 10.2 Å². The van der Waals surface area contributed by atoms with Crippen LogP contribution in [0, 0.1) is 6.92 Å². The predicted octanol–water partition coefficient (Wildman–Crippen LogP) is 1.46. The van der Waals surface area contributed by atoms with Crippen LogP contribution in [0.4, 0.5) is 0 Å². The highest BCUT2D eigenvalue weighted by Crippen LogP contribution is 2.14. The summed E-state index contributed by atoms with van der Waals surface area (Å²) in [4.78, 5) is 23.2.